The van der Waals surface area contributed by atoms with Crippen LogP contribution in [0.5, 0.6) is 0 Å². The van der Waals surface area contributed by atoms with Crippen molar-refractivity contribution in [3.05, 3.63) is 29.0 Å². The van der Waals surface area contributed by atoms with Gasteiger partial charge in [0.15, 0.2) is 5.82 Å². The lowest BCUT2D eigenvalue weighted by molar-refractivity contribution is -0.118. The van der Waals surface area contributed by atoms with Gasteiger partial charge in [0.2, 0.25) is 5.91 Å². The predicted molar refractivity (Wildman–Crippen MR) is 56.4 cm³/mol. The fourth-order valence-corrected chi connectivity index (χ4v) is 1.81. The van der Waals surface area contributed by atoms with Gasteiger partial charge in [-0.15, -0.1) is 0 Å². The largest absolute Gasteiger partial charge is 0.320 e. The Bertz CT molecular complexity index is 410. The van der Waals surface area contributed by atoms with Gasteiger partial charge in [-0.3, -0.25) is 4.79 Å². The quantitative estimate of drug-likeness (QED) is 0.793. The van der Waals surface area contributed by atoms with Gasteiger partial charge >= 0.3 is 0 Å². The number of anilines is 1. The number of benzene rings is 1. The third-order valence-electron chi connectivity index (χ3n) is 2.47. The number of halogens is 2. The fourth-order valence-electron chi connectivity index (χ4n) is 1.64. The van der Waals surface area contributed by atoms with E-state index in [1.54, 1.807) is 6.07 Å². The molecule has 15 heavy (non-hydrogen) atoms. The highest BCUT2D eigenvalue weighted by molar-refractivity contribution is 6.31. The van der Waals surface area contributed by atoms with Crippen molar-refractivity contribution >= 4 is 23.2 Å². The molecule has 1 atom stereocenters. The normalized spacial score (nSPS) is 21.1. The minimum atomic E-state index is -0.568. The Morgan fingerprint density at radius 1 is 1.53 bits per heavy atom. The Balaban J connectivity index is 2.38. The summed E-state index contributed by atoms with van der Waals surface area (Å²) < 4.78 is 13.6. The zero-order chi connectivity index (χ0) is 11.0. The summed E-state index contributed by atoms with van der Waals surface area (Å²) in [6.45, 7) is 0.442. The topological polar surface area (TPSA) is 46.3 Å². The molecule has 1 aromatic rings. The first kappa shape index (κ1) is 10.4. The number of rotatable bonds is 1. The van der Waals surface area contributed by atoms with Crippen molar-refractivity contribution in [2.24, 2.45) is 5.73 Å². The monoisotopic (exact) mass is 228 g/mol. The molecular formula is C10H10ClFN2O. The van der Waals surface area contributed by atoms with Crippen molar-refractivity contribution in [2.45, 2.75) is 12.5 Å². The van der Waals surface area contributed by atoms with Crippen molar-refractivity contribution in [3.63, 3.8) is 0 Å². The molecule has 1 unspecified atom stereocenters. The van der Waals surface area contributed by atoms with Crippen LogP contribution in [0.4, 0.5) is 10.1 Å². The molecule has 0 aromatic heterocycles. The van der Waals surface area contributed by atoms with E-state index in [-0.39, 0.29) is 16.6 Å². The summed E-state index contributed by atoms with van der Waals surface area (Å²) in [5.41, 5.74) is 5.76. The highest BCUT2D eigenvalue weighted by Crippen LogP contribution is 2.28. The van der Waals surface area contributed by atoms with Gasteiger partial charge < -0.3 is 10.6 Å². The number of carbonyl (C=O) groups excluding carboxylic acids is 1. The summed E-state index contributed by atoms with van der Waals surface area (Å²) in [5, 5.41) is 0.0146. The summed E-state index contributed by atoms with van der Waals surface area (Å²) in [6, 6.07) is 4.05. The Morgan fingerprint density at radius 2 is 2.27 bits per heavy atom. The molecule has 1 fully saturated rings. The van der Waals surface area contributed by atoms with Crippen LogP contribution in [0.2, 0.25) is 5.02 Å². The third kappa shape index (κ3) is 1.70. The van der Waals surface area contributed by atoms with E-state index in [0.29, 0.717) is 13.0 Å². The molecule has 0 aliphatic carbocycles. The maximum atomic E-state index is 13.6. The summed E-state index contributed by atoms with van der Waals surface area (Å²) in [6.07, 6.45) is 0.546. The van der Waals surface area contributed by atoms with Crippen LogP contribution in [0.15, 0.2) is 18.2 Å². The Labute approximate surface area is 91.6 Å². The lowest BCUT2D eigenvalue weighted by atomic mass is 10.2. The fraction of sp³-hybridized carbons (Fsp3) is 0.300. The third-order valence-corrected chi connectivity index (χ3v) is 2.76. The van der Waals surface area contributed by atoms with Gasteiger partial charge in [0, 0.05) is 6.54 Å². The average Bonchev–Trinajstić information content (AvgIpc) is 2.53. The Hall–Kier alpha value is -1.13. The molecule has 0 bridgehead atoms. The molecule has 1 aromatic carbocycles. The lowest BCUT2D eigenvalue weighted by Gasteiger charge is -2.17. The van der Waals surface area contributed by atoms with E-state index in [4.69, 9.17) is 17.3 Å². The zero-order valence-corrected chi connectivity index (χ0v) is 8.67. The maximum Gasteiger partial charge on any atom is 0.244 e. The molecule has 0 saturated carbocycles. The van der Waals surface area contributed by atoms with E-state index < -0.39 is 11.9 Å². The van der Waals surface area contributed by atoms with Gasteiger partial charge in [0.25, 0.3) is 0 Å². The van der Waals surface area contributed by atoms with E-state index in [2.05, 4.69) is 0 Å². The SMILES string of the molecule is NC1CCN(c2cccc(Cl)c2F)C1=O. The number of nitrogens with zero attached hydrogens (tertiary/aromatic N) is 1. The van der Waals surface area contributed by atoms with E-state index in [1.807, 2.05) is 0 Å². The van der Waals surface area contributed by atoms with Crippen molar-refractivity contribution in [3.8, 4) is 0 Å². The van der Waals surface area contributed by atoms with Gasteiger partial charge in [-0.05, 0) is 18.6 Å². The second kappa shape index (κ2) is 3.79. The average molecular weight is 229 g/mol. The molecule has 2 rings (SSSR count). The second-order valence-electron chi connectivity index (χ2n) is 3.46. The molecule has 5 heteroatoms. The number of carbonyl (C=O) groups is 1. The van der Waals surface area contributed by atoms with E-state index in [0.717, 1.165) is 0 Å². The molecule has 2 N–H and O–H groups in total. The van der Waals surface area contributed by atoms with Crippen LogP contribution in [0.3, 0.4) is 0 Å². The van der Waals surface area contributed by atoms with E-state index in [1.165, 1.54) is 17.0 Å². The second-order valence-corrected chi connectivity index (χ2v) is 3.87. The van der Waals surface area contributed by atoms with Gasteiger partial charge in [-0.1, -0.05) is 17.7 Å². The lowest BCUT2D eigenvalue weighted by Crippen LogP contribution is -2.34. The highest BCUT2D eigenvalue weighted by atomic mass is 35.5. The molecule has 1 saturated heterocycles. The summed E-state index contributed by atoms with van der Waals surface area (Å²) in [4.78, 5) is 12.9. The molecule has 1 heterocycles. The summed E-state index contributed by atoms with van der Waals surface area (Å²) in [7, 11) is 0. The first-order valence-electron chi connectivity index (χ1n) is 4.62. The Morgan fingerprint density at radius 3 is 2.87 bits per heavy atom. The number of nitrogens with two attached hydrogens (primary N) is 1. The van der Waals surface area contributed by atoms with Gasteiger partial charge in [0.1, 0.15) is 0 Å². The molecule has 1 amide bonds. The van der Waals surface area contributed by atoms with Gasteiger partial charge in [0.05, 0.1) is 16.8 Å². The molecule has 3 nitrogen and oxygen atoms in total. The molecule has 0 radical (unpaired) electrons. The number of hydrogen-bond donors (Lipinski definition) is 1. The standard InChI is InChI=1S/C10H10ClFN2O/c11-6-2-1-3-8(9(6)12)14-5-4-7(13)10(14)15/h1-3,7H,4-5,13H2. The molecular weight excluding hydrogens is 219 g/mol. The highest BCUT2D eigenvalue weighted by Gasteiger charge is 2.31. The molecule has 1 aliphatic rings. The first-order valence-corrected chi connectivity index (χ1v) is 5.00. The minimum Gasteiger partial charge on any atom is -0.320 e. The van der Waals surface area contributed by atoms with Gasteiger partial charge in [-0.2, -0.15) is 0 Å². The minimum absolute atomic E-state index is 0.0146. The van der Waals surface area contributed by atoms with E-state index in [9.17, 15) is 9.18 Å². The zero-order valence-electron chi connectivity index (χ0n) is 7.91. The maximum absolute atomic E-state index is 13.6. The molecule has 1 aliphatic heterocycles. The van der Waals surface area contributed by atoms with Crippen LogP contribution in [0, 0.1) is 5.82 Å². The summed E-state index contributed by atoms with van der Waals surface area (Å²) >= 11 is 5.63. The van der Waals surface area contributed by atoms with Gasteiger partial charge in [-0.25, -0.2) is 4.39 Å². The van der Waals surface area contributed by atoms with Crippen LogP contribution >= 0.6 is 11.6 Å². The number of hydrogen-bond acceptors (Lipinski definition) is 2. The Kier molecular flexibility index (Phi) is 2.63. The molecule has 80 valence electrons. The smallest absolute Gasteiger partial charge is 0.244 e. The predicted octanol–water partition coefficient (Wildman–Crippen LogP) is 1.54. The van der Waals surface area contributed by atoms with Crippen LogP contribution in [0.25, 0.3) is 0 Å². The first-order chi connectivity index (χ1) is 7.11. The van der Waals surface area contributed by atoms with Crippen LogP contribution in [-0.2, 0) is 4.79 Å². The van der Waals surface area contributed by atoms with Crippen molar-refractivity contribution < 1.29 is 9.18 Å². The van der Waals surface area contributed by atoms with Crippen molar-refractivity contribution in [1.29, 1.82) is 0 Å². The van der Waals surface area contributed by atoms with Crippen molar-refractivity contribution in [1.82, 2.24) is 0 Å². The summed E-state index contributed by atoms with van der Waals surface area (Å²) in [5.74, 6) is -0.821. The van der Waals surface area contributed by atoms with Crippen LogP contribution in [-0.4, -0.2) is 18.5 Å². The molecule has 0 spiro atoms. The van der Waals surface area contributed by atoms with E-state index >= 15 is 0 Å². The number of amides is 1. The van der Waals surface area contributed by atoms with Crippen molar-refractivity contribution in [2.75, 3.05) is 11.4 Å². The van der Waals surface area contributed by atoms with Crippen LogP contribution < -0.4 is 10.6 Å². The van der Waals surface area contributed by atoms with Crippen LogP contribution in [0.1, 0.15) is 6.42 Å².